The van der Waals surface area contributed by atoms with Crippen molar-refractivity contribution in [3.63, 3.8) is 0 Å². The number of para-hydroxylation sites is 1. The second kappa shape index (κ2) is 6.57. The van der Waals surface area contributed by atoms with Crippen molar-refractivity contribution >= 4 is 5.91 Å². The van der Waals surface area contributed by atoms with Crippen molar-refractivity contribution in [2.75, 3.05) is 19.8 Å². The van der Waals surface area contributed by atoms with E-state index in [0.717, 1.165) is 24.2 Å². The van der Waals surface area contributed by atoms with E-state index in [0.29, 0.717) is 12.6 Å². The van der Waals surface area contributed by atoms with E-state index < -0.39 is 0 Å². The van der Waals surface area contributed by atoms with Crippen LogP contribution in [0.15, 0.2) is 24.3 Å². The molecule has 1 saturated carbocycles. The number of ether oxygens (including phenoxy) is 1. The molecule has 4 nitrogen and oxygen atoms in total. The van der Waals surface area contributed by atoms with Crippen LogP contribution in [0.4, 0.5) is 0 Å². The first-order valence-electron chi connectivity index (χ1n) is 6.81. The topological polar surface area (TPSA) is 49.8 Å². The number of aryl methyl sites for hydroxylation is 1. The molecule has 1 aromatic rings. The summed E-state index contributed by atoms with van der Waals surface area (Å²) in [5, 5.41) is 9.05. The monoisotopic (exact) mass is 263 g/mol. The van der Waals surface area contributed by atoms with Gasteiger partial charge in [0.2, 0.25) is 0 Å². The van der Waals surface area contributed by atoms with Crippen LogP contribution in [0.1, 0.15) is 24.8 Å². The molecule has 0 aliphatic heterocycles. The fraction of sp³-hybridized carbons (Fsp3) is 0.533. The van der Waals surface area contributed by atoms with Crippen LogP contribution >= 0.6 is 0 Å². The van der Waals surface area contributed by atoms with E-state index in [1.807, 2.05) is 31.2 Å². The number of rotatable bonds is 6. The smallest absolute Gasteiger partial charge is 0.260 e. The summed E-state index contributed by atoms with van der Waals surface area (Å²) < 4.78 is 5.57. The van der Waals surface area contributed by atoms with E-state index >= 15 is 0 Å². The highest BCUT2D eigenvalue weighted by Gasteiger charge is 2.28. The summed E-state index contributed by atoms with van der Waals surface area (Å²) in [7, 11) is 0. The Labute approximate surface area is 114 Å². The Bertz CT molecular complexity index is 429. The van der Waals surface area contributed by atoms with Gasteiger partial charge < -0.3 is 14.7 Å². The van der Waals surface area contributed by atoms with Crippen molar-refractivity contribution in [2.24, 2.45) is 0 Å². The van der Waals surface area contributed by atoms with Gasteiger partial charge in [-0.15, -0.1) is 0 Å². The van der Waals surface area contributed by atoms with Gasteiger partial charge in [-0.2, -0.15) is 0 Å². The summed E-state index contributed by atoms with van der Waals surface area (Å²) in [6.45, 7) is 2.41. The zero-order chi connectivity index (χ0) is 13.7. The number of benzene rings is 1. The quantitative estimate of drug-likeness (QED) is 0.850. The summed E-state index contributed by atoms with van der Waals surface area (Å²) in [5.41, 5.74) is 1.02. The molecule has 2 rings (SSSR count). The van der Waals surface area contributed by atoms with Crippen LogP contribution in [0.3, 0.4) is 0 Å². The summed E-state index contributed by atoms with van der Waals surface area (Å²) in [4.78, 5) is 13.9. The van der Waals surface area contributed by atoms with Crippen molar-refractivity contribution < 1.29 is 14.6 Å². The van der Waals surface area contributed by atoms with Crippen LogP contribution in [-0.2, 0) is 4.79 Å². The van der Waals surface area contributed by atoms with E-state index in [-0.39, 0.29) is 19.1 Å². The summed E-state index contributed by atoms with van der Waals surface area (Å²) in [6, 6.07) is 7.94. The number of aliphatic hydroxyl groups excluding tert-OH is 1. The Balaban J connectivity index is 1.90. The van der Waals surface area contributed by atoms with Crippen LogP contribution in [-0.4, -0.2) is 41.7 Å². The molecule has 0 spiro atoms. The molecule has 104 valence electrons. The predicted octanol–water partition coefficient (Wildman–Crippen LogP) is 1.75. The summed E-state index contributed by atoms with van der Waals surface area (Å²) in [6.07, 6.45) is 3.24. The molecule has 1 fully saturated rings. The second-order valence-corrected chi connectivity index (χ2v) is 4.95. The van der Waals surface area contributed by atoms with Gasteiger partial charge in [0.1, 0.15) is 5.75 Å². The van der Waals surface area contributed by atoms with Crippen molar-refractivity contribution in [1.82, 2.24) is 4.90 Å². The average Bonchev–Trinajstić information content (AvgIpc) is 2.35. The van der Waals surface area contributed by atoms with Gasteiger partial charge in [-0.05, 0) is 37.8 Å². The lowest BCUT2D eigenvalue weighted by Gasteiger charge is -2.37. The SMILES string of the molecule is Cc1ccccc1OCC(=O)N(CCO)C1CCC1. The minimum Gasteiger partial charge on any atom is -0.484 e. The Kier molecular flexibility index (Phi) is 4.80. The minimum atomic E-state index is -0.0398. The summed E-state index contributed by atoms with van der Waals surface area (Å²) >= 11 is 0. The van der Waals surface area contributed by atoms with Gasteiger partial charge in [-0.25, -0.2) is 0 Å². The zero-order valence-corrected chi connectivity index (χ0v) is 11.3. The molecule has 0 bridgehead atoms. The minimum absolute atomic E-state index is 0.00655. The molecule has 1 aromatic carbocycles. The third kappa shape index (κ3) is 3.47. The highest BCUT2D eigenvalue weighted by atomic mass is 16.5. The molecule has 0 radical (unpaired) electrons. The van der Waals surface area contributed by atoms with Crippen molar-refractivity contribution in [1.29, 1.82) is 0 Å². The van der Waals surface area contributed by atoms with E-state index in [1.165, 1.54) is 6.42 Å². The van der Waals surface area contributed by atoms with E-state index in [1.54, 1.807) is 4.90 Å². The number of hydrogen-bond acceptors (Lipinski definition) is 3. The first kappa shape index (κ1) is 13.9. The highest BCUT2D eigenvalue weighted by molar-refractivity contribution is 5.78. The third-order valence-electron chi connectivity index (χ3n) is 3.62. The molecular weight excluding hydrogens is 242 g/mol. The van der Waals surface area contributed by atoms with E-state index in [2.05, 4.69) is 0 Å². The summed E-state index contributed by atoms with van der Waals surface area (Å²) in [5.74, 6) is 0.704. The van der Waals surface area contributed by atoms with Crippen LogP contribution in [0.25, 0.3) is 0 Å². The van der Waals surface area contributed by atoms with E-state index in [9.17, 15) is 4.79 Å². The molecule has 1 aliphatic rings. The van der Waals surface area contributed by atoms with Gasteiger partial charge in [0.05, 0.1) is 6.61 Å². The molecule has 1 aliphatic carbocycles. The first-order chi connectivity index (χ1) is 9.22. The third-order valence-corrected chi connectivity index (χ3v) is 3.62. The Hall–Kier alpha value is -1.55. The fourth-order valence-corrected chi connectivity index (χ4v) is 2.26. The molecule has 1 amide bonds. The van der Waals surface area contributed by atoms with Crippen LogP contribution in [0.2, 0.25) is 0 Å². The fourth-order valence-electron chi connectivity index (χ4n) is 2.26. The van der Waals surface area contributed by atoms with Crippen molar-refractivity contribution in [2.45, 2.75) is 32.2 Å². The number of nitrogens with zero attached hydrogens (tertiary/aromatic N) is 1. The zero-order valence-electron chi connectivity index (χ0n) is 11.3. The van der Waals surface area contributed by atoms with Gasteiger partial charge in [-0.1, -0.05) is 18.2 Å². The lowest BCUT2D eigenvalue weighted by atomic mass is 9.91. The van der Waals surface area contributed by atoms with E-state index in [4.69, 9.17) is 9.84 Å². The van der Waals surface area contributed by atoms with Gasteiger partial charge in [0, 0.05) is 12.6 Å². The lowest BCUT2D eigenvalue weighted by Crippen LogP contribution is -2.47. The number of amides is 1. The first-order valence-corrected chi connectivity index (χ1v) is 6.81. The molecule has 0 heterocycles. The predicted molar refractivity (Wildman–Crippen MR) is 73.1 cm³/mol. The Morgan fingerprint density at radius 2 is 2.16 bits per heavy atom. The van der Waals surface area contributed by atoms with Crippen LogP contribution in [0.5, 0.6) is 5.75 Å². The van der Waals surface area contributed by atoms with Gasteiger partial charge in [0.15, 0.2) is 6.61 Å². The lowest BCUT2D eigenvalue weighted by molar-refractivity contribution is -0.138. The highest BCUT2D eigenvalue weighted by Crippen LogP contribution is 2.25. The van der Waals surface area contributed by atoms with Gasteiger partial charge in [-0.3, -0.25) is 4.79 Å². The molecule has 0 unspecified atom stereocenters. The number of aliphatic hydroxyl groups is 1. The average molecular weight is 263 g/mol. The largest absolute Gasteiger partial charge is 0.484 e. The number of carbonyl (C=O) groups excluding carboxylic acids is 1. The molecule has 0 atom stereocenters. The molecule has 4 heteroatoms. The molecule has 1 N–H and O–H groups in total. The van der Waals surface area contributed by atoms with Gasteiger partial charge >= 0.3 is 0 Å². The maximum atomic E-state index is 12.1. The van der Waals surface area contributed by atoms with Crippen molar-refractivity contribution in [3.8, 4) is 5.75 Å². The van der Waals surface area contributed by atoms with Gasteiger partial charge in [0.25, 0.3) is 5.91 Å². The number of carbonyl (C=O) groups is 1. The molecule has 0 aromatic heterocycles. The standard InChI is InChI=1S/C15H21NO3/c1-12-5-2-3-8-14(12)19-11-15(18)16(9-10-17)13-6-4-7-13/h2-3,5,8,13,17H,4,6-7,9-11H2,1H3. The number of hydrogen-bond donors (Lipinski definition) is 1. The van der Waals surface area contributed by atoms with Crippen LogP contribution in [0, 0.1) is 6.92 Å². The second-order valence-electron chi connectivity index (χ2n) is 4.95. The Morgan fingerprint density at radius 1 is 1.42 bits per heavy atom. The Morgan fingerprint density at radius 3 is 2.74 bits per heavy atom. The maximum absolute atomic E-state index is 12.1. The molecular formula is C15H21NO3. The molecule has 19 heavy (non-hydrogen) atoms. The van der Waals surface area contributed by atoms with Crippen LogP contribution < -0.4 is 4.74 Å². The van der Waals surface area contributed by atoms with Crippen molar-refractivity contribution in [3.05, 3.63) is 29.8 Å². The maximum Gasteiger partial charge on any atom is 0.260 e. The molecule has 0 saturated heterocycles. The normalized spacial score (nSPS) is 14.8.